The summed E-state index contributed by atoms with van der Waals surface area (Å²) >= 11 is 0. The molecule has 0 aromatic carbocycles. The number of carbonyl (C=O) groups is 8. The number of hydroxylamine groups is 2. The second kappa shape index (κ2) is 26.7. The molecule has 2 bridgehead atoms. The van der Waals surface area contributed by atoms with Gasteiger partial charge in [0.05, 0.1) is 69.5 Å². The van der Waals surface area contributed by atoms with Gasteiger partial charge in [-0.15, -0.1) is 0 Å². The zero-order chi connectivity index (χ0) is 45.4. The zero-order valence-electron chi connectivity index (χ0n) is 36.8. The third-order valence-electron chi connectivity index (χ3n) is 10.3. The molecule has 0 aromatic heterocycles. The Bertz CT molecular complexity index is 1440. The Balaban J connectivity index is 0.000000628. The van der Waals surface area contributed by atoms with Crippen LogP contribution in [0.25, 0.3) is 0 Å². The number of carbonyl (C=O) groups excluding carboxylic acids is 7. The maximum absolute atomic E-state index is 12.6. The summed E-state index contributed by atoms with van der Waals surface area (Å²) in [5, 5.41) is 15.7. The highest BCUT2D eigenvalue weighted by atomic mass is 16.7. The van der Waals surface area contributed by atoms with Crippen LogP contribution in [0.15, 0.2) is 12.2 Å². The number of ether oxygens (including phenoxy) is 4. The summed E-state index contributed by atoms with van der Waals surface area (Å²) < 4.78 is 33.8. The fraction of sp³-hybridized carbons (Fsp3) is 0.750. The number of hydrogen-bond donors (Lipinski definition) is 3. The molecule has 0 spiro atoms. The monoisotopic (exact) mass is 844 g/mol. The number of unbranched alkanes of at least 4 members (excludes halogenated alkanes) is 2. The van der Waals surface area contributed by atoms with Gasteiger partial charge in [0.15, 0.2) is 0 Å². The Morgan fingerprint density at radius 3 is 2.00 bits per heavy atom. The quantitative estimate of drug-likeness (QED) is 0.0515. The van der Waals surface area contributed by atoms with Crippen molar-refractivity contribution in [1.82, 2.24) is 20.2 Å². The van der Waals surface area contributed by atoms with E-state index < -0.39 is 52.9 Å². The number of hydrogen-bond acceptors (Lipinski definition) is 15. The number of aliphatic hydroxyl groups is 1. The molecule has 4 fully saturated rings. The lowest BCUT2D eigenvalue weighted by Crippen LogP contribution is -2.44. The van der Waals surface area contributed by atoms with Crippen molar-refractivity contribution in [3.63, 3.8) is 0 Å². The highest BCUT2D eigenvalue weighted by Gasteiger charge is 2.61. The average molecular weight is 845 g/mol. The van der Waals surface area contributed by atoms with E-state index in [2.05, 4.69) is 40.8 Å². The number of nitrogens with one attached hydrogen (secondary N) is 1. The highest BCUT2D eigenvalue weighted by molar-refractivity contribution is 6.05. The standard InChI is InChI=1S/C29H41N3O11.C6H15N.C4H4O3.CH4O/c1-29(18-41-24(37)9-8-23(35)36)10-13-31(14-11-29)22(34)5-3-2-4-12-30-21(33)17-40-15-16-42-32-27(38)25-19-6-7-20(43-19)26(25)28(32)39;1-4-7(5-2)6-3;5-3-1-2-4(6)7-3;1-2/h6-7,19-20,25-26H,2-5,8-18H2,1H3,(H,30,33)(H,35,36);4-6H2,1-3H3;1-2H2;2H,1H3/i1T;;;2T. The Labute approximate surface area is 348 Å². The van der Waals surface area contributed by atoms with E-state index in [-0.39, 0.29) is 83.0 Å². The molecule has 3 N–H and O–H groups in total. The number of piperidine rings is 1. The Morgan fingerprint density at radius 2 is 1.51 bits per heavy atom. The Hall–Kier alpha value is -4.30. The Morgan fingerprint density at radius 1 is 0.915 bits per heavy atom. The number of aliphatic carboxylic acids is 1. The van der Waals surface area contributed by atoms with E-state index in [0.717, 1.165) is 11.5 Å². The lowest BCUT2D eigenvalue weighted by atomic mass is 9.81. The van der Waals surface area contributed by atoms with Crippen molar-refractivity contribution in [3.05, 3.63) is 12.2 Å². The van der Waals surface area contributed by atoms with Gasteiger partial charge in [-0.2, -0.15) is 5.06 Å². The number of likely N-dealkylation sites (tertiary alicyclic amines) is 1. The van der Waals surface area contributed by atoms with Crippen LogP contribution in [-0.2, 0) is 62.1 Å². The van der Waals surface area contributed by atoms with Crippen LogP contribution in [0.5, 0.6) is 0 Å². The van der Waals surface area contributed by atoms with Gasteiger partial charge in [-0.25, -0.2) is 0 Å². The minimum Gasteiger partial charge on any atom is -0.481 e. The van der Waals surface area contributed by atoms with E-state index in [0.29, 0.717) is 51.7 Å². The fourth-order valence-electron chi connectivity index (χ4n) is 6.76. The molecular formula is C40H64N4O15. The van der Waals surface area contributed by atoms with Gasteiger partial charge >= 0.3 is 23.9 Å². The summed E-state index contributed by atoms with van der Waals surface area (Å²) in [7, 11) is 1.29. The third kappa shape index (κ3) is 17.1. The second-order valence-corrected chi connectivity index (χ2v) is 14.4. The molecule has 5 rings (SSSR count). The summed E-state index contributed by atoms with van der Waals surface area (Å²) in [6.45, 7) is 11.4. The van der Waals surface area contributed by atoms with Gasteiger partial charge in [0, 0.05) is 40.0 Å². The number of carboxylic acids is 1. The lowest BCUT2D eigenvalue weighted by Gasteiger charge is -2.39. The first kappa shape index (κ1) is 47.4. The van der Waals surface area contributed by atoms with Crippen LogP contribution >= 0.6 is 0 Å². The summed E-state index contributed by atoms with van der Waals surface area (Å²) in [5.74, 6) is -4.63. The van der Waals surface area contributed by atoms with E-state index in [9.17, 15) is 38.4 Å². The van der Waals surface area contributed by atoms with Crippen molar-refractivity contribution in [2.75, 3.05) is 72.8 Å². The normalized spacial score (nSPS) is 22.5. The highest BCUT2D eigenvalue weighted by Crippen LogP contribution is 2.45. The van der Waals surface area contributed by atoms with Crippen molar-refractivity contribution >= 4 is 47.5 Å². The predicted molar refractivity (Wildman–Crippen MR) is 209 cm³/mol. The summed E-state index contributed by atoms with van der Waals surface area (Å²) in [6, 6.07) is 0. The minimum absolute atomic E-state index is 0.0274. The van der Waals surface area contributed by atoms with E-state index in [1.807, 2.05) is 0 Å². The number of aliphatic hydroxyl groups excluding tert-OH is 1. The summed E-state index contributed by atoms with van der Waals surface area (Å²) in [5.41, 5.74) is -0.525. The van der Waals surface area contributed by atoms with E-state index in [4.69, 9.17) is 27.0 Å². The van der Waals surface area contributed by atoms with Gasteiger partial charge in [-0.1, -0.05) is 46.2 Å². The van der Waals surface area contributed by atoms with Crippen LogP contribution in [0.1, 0.15) is 93.2 Å². The number of fused-ring (bicyclic) bond motifs is 5. The van der Waals surface area contributed by atoms with Gasteiger partial charge < -0.3 is 44.3 Å². The summed E-state index contributed by atoms with van der Waals surface area (Å²) in [4.78, 5) is 101. The van der Waals surface area contributed by atoms with E-state index in [1.54, 1.807) is 17.1 Å². The van der Waals surface area contributed by atoms with Gasteiger partial charge in [0.25, 0.3) is 11.8 Å². The molecule has 334 valence electrons. The molecule has 4 amide bonds. The predicted octanol–water partition coefficient (Wildman–Crippen LogP) is 1.39. The maximum Gasteiger partial charge on any atom is 0.314 e. The fourth-order valence-corrected chi connectivity index (χ4v) is 6.76. The number of rotatable bonds is 20. The third-order valence-corrected chi connectivity index (χ3v) is 10.3. The van der Waals surface area contributed by atoms with Gasteiger partial charge in [0.2, 0.25) is 13.2 Å². The van der Waals surface area contributed by atoms with Crippen LogP contribution in [-0.4, -0.2) is 159 Å². The van der Waals surface area contributed by atoms with E-state index >= 15 is 0 Å². The van der Waals surface area contributed by atoms with Crippen molar-refractivity contribution < 1.29 is 73.7 Å². The topological polar surface area (TPSA) is 245 Å². The van der Waals surface area contributed by atoms with Crippen LogP contribution in [0, 0.1) is 17.3 Å². The zero-order valence-corrected chi connectivity index (χ0v) is 34.8. The number of cyclic esters (lactones) is 2. The van der Waals surface area contributed by atoms with E-state index in [1.165, 1.54) is 26.7 Å². The molecule has 4 saturated heterocycles. The average Bonchev–Trinajstić information content (AvgIpc) is 4.03. The SMILES string of the molecule is CCN(CC)CC.O=C1CCC(=O)O1.[3H]CC1(COC(=O)CCC(=O)O)CCN(C(=O)CCCCCNC(=O)COCCON2C(=O)C3C4C=CC(O4)C3C2=O)CC1.[3H]OC. The lowest BCUT2D eigenvalue weighted by molar-refractivity contribution is -0.195. The number of carboxylic acid groups (broad SMARTS) is 1. The first-order valence-electron chi connectivity index (χ1n) is 21.4. The molecule has 59 heavy (non-hydrogen) atoms. The van der Waals surface area contributed by atoms with Crippen LogP contribution in [0.2, 0.25) is 0 Å². The van der Waals surface area contributed by atoms with Crippen LogP contribution < -0.4 is 5.32 Å². The van der Waals surface area contributed by atoms with Gasteiger partial charge in [-0.05, 0) is 45.3 Å². The molecule has 0 radical (unpaired) electrons. The van der Waals surface area contributed by atoms with Crippen molar-refractivity contribution in [3.8, 4) is 0 Å². The molecule has 19 nitrogen and oxygen atoms in total. The smallest absolute Gasteiger partial charge is 0.314 e. The van der Waals surface area contributed by atoms with Crippen molar-refractivity contribution in [1.29, 1.82) is 1.43 Å². The van der Waals surface area contributed by atoms with Crippen LogP contribution in [0.4, 0.5) is 0 Å². The molecule has 5 aliphatic rings. The van der Waals surface area contributed by atoms with Crippen molar-refractivity contribution in [2.24, 2.45) is 17.3 Å². The molecule has 5 aliphatic heterocycles. The summed E-state index contributed by atoms with van der Waals surface area (Å²) in [6.07, 6.45) is 6.43. The van der Waals surface area contributed by atoms with Gasteiger partial charge in [0.1, 0.15) is 6.61 Å². The largest absolute Gasteiger partial charge is 0.481 e. The number of imide groups is 1. The maximum atomic E-state index is 12.6. The molecule has 5 heterocycles. The molecule has 19 heteroatoms. The van der Waals surface area contributed by atoms with Gasteiger partial charge in [-0.3, -0.25) is 43.2 Å². The minimum atomic E-state index is -1.07. The molecule has 4 unspecified atom stereocenters. The number of nitrogens with zero attached hydrogens (tertiary/aromatic N) is 3. The number of esters is 3. The molecule has 0 aliphatic carbocycles. The molecule has 0 aromatic rings. The molecular weight excluding hydrogens is 776 g/mol. The first-order valence-corrected chi connectivity index (χ1v) is 20.3. The van der Waals surface area contributed by atoms with Crippen LogP contribution in [0.3, 0.4) is 0 Å². The number of amides is 4. The second-order valence-electron chi connectivity index (χ2n) is 14.4. The molecule has 4 atom stereocenters. The Kier molecular flexibility index (Phi) is 21.5. The van der Waals surface area contributed by atoms with Crippen molar-refractivity contribution in [2.45, 2.75) is 104 Å². The first-order chi connectivity index (χ1) is 29.2. The molecule has 0 saturated carbocycles.